The van der Waals surface area contributed by atoms with Crippen molar-refractivity contribution in [3.8, 4) is 5.75 Å². The SMILES string of the molecule is Nc1ccc(C(=O)N2CCN(CC3CC3)CC2)cc1O. The van der Waals surface area contributed by atoms with Gasteiger partial charge in [0.25, 0.3) is 5.91 Å². The van der Waals surface area contributed by atoms with E-state index in [2.05, 4.69) is 4.90 Å². The molecule has 1 aliphatic heterocycles. The van der Waals surface area contributed by atoms with E-state index < -0.39 is 0 Å². The number of piperazine rings is 1. The van der Waals surface area contributed by atoms with Crippen molar-refractivity contribution in [2.45, 2.75) is 12.8 Å². The van der Waals surface area contributed by atoms with E-state index in [0.29, 0.717) is 11.3 Å². The molecule has 0 aromatic heterocycles. The highest BCUT2D eigenvalue weighted by atomic mass is 16.3. The topological polar surface area (TPSA) is 69.8 Å². The van der Waals surface area contributed by atoms with E-state index in [9.17, 15) is 9.90 Å². The molecular formula is C15H21N3O2. The lowest BCUT2D eigenvalue weighted by Crippen LogP contribution is -2.49. The zero-order valence-corrected chi connectivity index (χ0v) is 11.6. The van der Waals surface area contributed by atoms with Crippen LogP contribution in [0.4, 0.5) is 5.69 Å². The van der Waals surface area contributed by atoms with Gasteiger partial charge < -0.3 is 15.7 Å². The van der Waals surface area contributed by atoms with Gasteiger partial charge in [0.05, 0.1) is 5.69 Å². The highest BCUT2D eigenvalue weighted by Gasteiger charge is 2.28. The molecule has 3 N–H and O–H groups in total. The Kier molecular flexibility index (Phi) is 3.53. The predicted molar refractivity (Wildman–Crippen MR) is 77.6 cm³/mol. The van der Waals surface area contributed by atoms with E-state index in [0.717, 1.165) is 32.1 Å². The summed E-state index contributed by atoms with van der Waals surface area (Å²) in [5.74, 6) is 0.848. The molecule has 1 amide bonds. The van der Waals surface area contributed by atoms with E-state index in [1.807, 2.05) is 4.90 Å². The van der Waals surface area contributed by atoms with E-state index in [4.69, 9.17) is 5.73 Å². The fraction of sp³-hybridized carbons (Fsp3) is 0.533. The minimum atomic E-state index is -0.0248. The normalized spacial score (nSPS) is 20.1. The zero-order chi connectivity index (χ0) is 14.1. The van der Waals surface area contributed by atoms with Crippen LogP contribution in [0.1, 0.15) is 23.2 Å². The lowest BCUT2D eigenvalue weighted by atomic mass is 10.1. The molecule has 0 radical (unpaired) electrons. The van der Waals surface area contributed by atoms with Gasteiger partial charge in [-0.2, -0.15) is 0 Å². The van der Waals surface area contributed by atoms with E-state index in [1.165, 1.54) is 25.5 Å². The summed E-state index contributed by atoms with van der Waals surface area (Å²) in [6.45, 7) is 4.60. The molecule has 1 aromatic rings. The van der Waals surface area contributed by atoms with Gasteiger partial charge in [-0.3, -0.25) is 9.69 Å². The van der Waals surface area contributed by atoms with Crippen LogP contribution in [0.2, 0.25) is 0 Å². The highest BCUT2D eigenvalue weighted by molar-refractivity contribution is 5.95. The summed E-state index contributed by atoms with van der Waals surface area (Å²) < 4.78 is 0. The van der Waals surface area contributed by atoms with Gasteiger partial charge in [-0.05, 0) is 37.0 Å². The Labute approximate surface area is 119 Å². The number of carbonyl (C=O) groups excluding carboxylic acids is 1. The third-order valence-corrected chi connectivity index (χ3v) is 4.15. The second-order valence-electron chi connectivity index (χ2n) is 5.81. The molecule has 0 bridgehead atoms. The van der Waals surface area contributed by atoms with Crippen LogP contribution >= 0.6 is 0 Å². The number of phenolic OH excluding ortho intramolecular Hbond substituents is 1. The number of phenols is 1. The fourth-order valence-electron chi connectivity index (χ4n) is 2.66. The van der Waals surface area contributed by atoms with Crippen LogP contribution in [0.25, 0.3) is 0 Å². The summed E-state index contributed by atoms with van der Waals surface area (Å²) >= 11 is 0. The minimum Gasteiger partial charge on any atom is -0.506 e. The molecule has 5 heteroatoms. The van der Waals surface area contributed by atoms with Crippen molar-refractivity contribution in [2.75, 3.05) is 38.5 Å². The number of benzene rings is 1. The molecule has 0 unspecified atom stereocenters. The van der Waals surface area contributed by atoms with Crippen LogP contribution in [-0.4, -0.2) is 53.5 Å². The Morgan fingerprint density at radius 1 is 1.25 bits per heavy atom. The monoisotopic (exact) mass is 275 g/mol. The van der Waals surface area contributed by atoms with Crippen molar-refractivity contribution in [3.63, 3.8) is 0 Å². The minimum absolute atomic E-state index is 0.0219. The number of hydrogen-bond acceptors (Lipinski definition) is 4. The van der Waals surface area contributed by atoms with Gasteiger partial charge >= 0.3 is 0 Å². The molecule has 2 fully saturated rings. The number of aromatic hydroxyl groups is 1. The molecule has 1 aliphatic carbocycles. The first-order valence-corrected chi connectivity index (χ1v) is 7.23. The number of amides is 1. The molecule has 1 saturated heterocycles. The first kappa shape index (κ1) is 13.2. The smallest absolute Gasteiger partial charge is 0.254 e. The van der Waals surface area contributed by atoms with Crippen molar-refractivity contribution in [1.82, 2.24) is 9.80 Å². The number of anilines is 1. The van der Waals surface area contributed by atoms with Crippen molar-refractivity contribution in [2.24, 2.45) is 5.92 Å². The molecule has 1 heterocycles. The predicted octanol–water partition coefficient (Wildman–Crippen LogP) is 1.14. The van der Waals surface area contributed by atoms with Gasteiger partial charge in [-0.1, -0.05) is 0 Å². The molecule has 1 saturated carbocycles. The maximum Gasteiger partial charge on any atom is 0.254 e. The van der Waals surface area contributed by atoms with Gasteiger partial charge in [-0.25, -0.2) is 0 Å². The summed E-state index contributed by atoms with van der Waals surface area (Å²) in [4.78, 5) is 16.7. The Balaban J connectivity index is 1.58. The first-order valence-electron chi connectivity index (χ1n) is 7.23. The number of hydrogen-bond donors (Lipinski definition) is 2. The van der Waals surface area contributed by atoms with E-state index in [1.54, 1.807) is 12.1 Å². The van der Waals surface area contributed by atoms with Gasteiger partial charge in [0.15, 0.2) is 0 Å². The molecule has 3 rings (SSSR count). The van der Waals surface area contributed by atoms with E-state index in [-0.39, 0.29) is 11.7 Å². The fourth-order valence-corrected chi connectivity index (χ4v) is 2.66. The lowest BCUT2D eigenvalue weighted by Gasteiger charge is -2.34. The van der Waals surface area contributed by atoms with Gasteiger partial charge in [0, 0.05) is 38.3 Å². The standard InChI is InChI=1S/C15H21N3O2/c16-13-4-3-12(9-14(13)19)15(20)18-7-5-17(6-8-18)10-11-1-2-11/h3-4,9,11,19H,1-2,5-8,10,16H2. The van der Waals surface area contributed by atoms with Crippen LogP contribution in [0, 0.1) is 5.92 Å². The first-order chi connectivity index (χ1) is 9.63. The van der Waals surface area contributed by atoms with Crippen LogP contribution in [0.15, 0.2) is 18.2 Å². The van der Waals surface area contributed by atoms with Crippen molar-refractivity contribution < 1.29 is 9.90 Å². The second kappa shape index (κ2) is 5.32. The molecule has 0 spiro atoms. The maximum absolute atomic E-state index is 12.4. The quantitative estimate of drug-likeness (QED) is 0.641. The number of rotatable bonds is 3. The van der Waals surface area contributed by atoms with Crippen LogP contribution in [0.5, 0.6) is 5.75 Å². The van der Waals surface area contributed by atoms with Crippen LogP contribution in [0.3, 0.4) is 0 Å². The molecule has 0 atom stereocenters. The van der Waals surface area contributed by atoms with Crippen molar-refractivity contribution in [1.29, 1.82) is 0 Å². The summed E-state index contributed by atoms with van der Waals surface area (Å²) in [5.41, 5.74) is 6.36. The summed E-state index contributed by atoms with van der Waals surface area (Å²) in [6, 6.07) is 4.70. The number of nitrogen functional groups attached to an aromatic ring is 1. The Hall–Kier alpha value is -1.75. The van der Waals surface area contributed by atoms with Gasteiger partial charge in [0.2, 0.25) is 0 Å². The van der Waals surface area contributed by atoms with Crippen molar-refractivity contribution in [3.05, 3.63) is 23.8 Å². The number of nitrogens with two attached hydrogens (primary N) is 1. The second-order valence-corrected chi connectivity index (χ2v) is 5.81. The maximum atomic E-state index is 12.4. The summed E-state index contributed by atoms with van der Waals surface area (Å²) in [5, 5.41) is 9.59. The number of carbonyl (C=O) groups is 1. The Morgan fingerprint density at radius 3 is 2.55 bits per heavy atom. The average Bonchev–Trinajstić information content (AvgIpc) is 3.26. The van der Waals surface area contributed by atoms with Gasteiger partial charge in [0.1, 0.15) is 5.75 Å². The third-order valence-electron chi connectivity index (χ3n) is 4.15. The van der Waals surface area contributed by atoms with Crippen LogP contribution in [-0.2, 0) is 0 Å². The van der Waals surface area contributed by atoms with E-state index >= 15 is 0 Å². The molecule has 2 aliphatic rings. The van der Waals surface area contributed by atoms with Crippen molar-refractivity contribution >= 4 is 11.6 Å². The van der Waals surface area contributed by atoms with Gasteiger partial charge in [-0.15, -0.1) is 0 Å². The largest absolute Gasteiger partial charge is 0.506 e. The molecular weight excluding hydrogens is 254 g/mol. The molecule has 1 aromatic carbocycles. The third kappa shape index (κ3) is 2.88. The van der Waals surface area contributed by atoms with Crippen LogP contribution < -0.4 is 5.73 Å². The molecule has 20 heavy (non-hydrogen) atoms. The Morgan fingerprint density at radius 2 is 1.95 bits per heavy atom. The number of nitrogens with zero attached hydrogens (tertiary/aromatic N) is 2. The zero-order valence-electron chi connectivity index (χ0n) is 11.6. The lowest BCUT2D eigenvalue weighted by molar-refractivity contribution is 0.0631. The highest BCUT2D eigenvalue weighted by Crippen LogP contribution is 2.30. The molecule has 108 valence electrons. The summed E-state index contributed by atoms with van der Waals surface area (Å²) in [6.07, 6.45) is 2.73. The summed E-state index contributed by atoms with van der Waals surface area (Å²) in [7, 11) is 0. The molecule has 5 nitrogen and oxygen atoms in total. The Bertz CT molecular complexity index is 506. The average molecular weight is 275 g/mol.